The lowest BCUT2D eigenvalue weighted by Crippen LogP contribution is -2.22. The molecule has 0 bridgehead atoms. The summed E-state index contributed by atoms with van der Waals surface area (Å²) >= 11 is 3.53. The van der Waals surface area contributed by atoms with Gasteiger partial charge in [-0.05, 0) is 28.8 Å². The van der Waals surface area contributed by atoms with Gasteiger partial charge in [0.05, 0.1) is 12.7 Å². The smallest absolute Gasteiger partial charge is 0.107 e. The molecule has 1 rings (SSSR count). The third-order valence-corrected chi connectivity index (χ3v) is 2.75. The molecular formula is C9H16BrN3. The zero-order chi connectivity index (χ0) is 10.0. The van der Waals surface area contributed by atoms with Gasteiger partial charge >= 0.3 is 0 Å². The van der Waals surface area contributed by atoms with Gasteiger partial charge in [0, 0.05) is 11.6 Å². The molecule has 1 aromatic heterocycles. The number of hydrogen-bond donors (Lipinski definition) is 1. The van der Waals surface area contributed by atoms with Crippen molar-refractivity contribution in [2.24, 2.45) is 5.73 Å². The Bertz CT molecular complexity index is 278. The average molecular weight is 246 g/mol. The Morgan fingerprint density at radius 1 is 1.54 bits per heavy atom. The Balaban J connectivity index is 2.86. The van der Waals surface area contributed by atoms with Crippen LogP contribution in [0.5, 0.6) is 0 Å². The summed E-state index contributed by atoms with van der Waals surface area (Å²) in [7, 11) is 0. The molecule has 0 aromatic carbocycles. The summed E-state index contributed by atoms with van der Waals surface area (Å²) in [6, 6.07) is 0.135. The van der Waals surface area contributed by atoms with Crippen molar-refractivity contribution in [2.45, 2.75) is 39.3 Å². The zero-order valence-corrected chi connectivity index (χ0v) is 9.87. The van der Waals surface area contributed by atoms with Crippen LogP contribution in [0.15, 0.2) is 10.8 Å². The molecule has 0 aliphatic heterocycles. The molecule has 0 amide bonds. The Kier molecular flexibility index (Phi) is 3.50. The summed E-state index contributed by atoms with van der Waals surface area (Å²) in [6.45, 7) is 7.03. The van der Waals surface area contributed by atoms with Crippen LogP contribution in [0, 0.1) is 0 Å². The van der Waals surface area contributed by atoms with Crippen molar-refractivity contribution in [3.05, 3.63) is 16.4 Å². The second-order valence-corrected chi connectivity index (χ2v) is 4.46. The topological polar surface area (TPSA) is 43.8 Å². The van der Waals surface area contributed by atoms with E-state index in [9.17, 15) is 0 Å². The normalized spacial score (nSPS) is 13.7. The summed E-state index contributed by atoms with van der Waals surface area (Å²) in [6.07, 6.45) is 1.90. The average Bonchev–Trinajstić information content (AvgIpc) is 2.32. The number of nitrogens with zero attached hydrogens (tertiary/aromatic N) is 2. The summed E-state index contributed by atoms with van der Waals surface area (Å²) in [5.41, 5.74) is 6.93. The van der Waals surface area contributed by atoms with Crippen molar-refractivity contribution >= 4 is 15.9 Å². The van der Waals surface area contributed by atoms with Crippen LogP contribution in [-0.4, -0.2) is 15.8 Å². The van der Waals surface area contributed by atoms with Crippen LogP contribution in [0.4, 0.5) is 0 Å². The van der Waals surface area contributed by atoms with E-state index in [0.717, 1.165) is 11.1 Å². The first-order valence-electron chi connectivity index (χ1n) is 4.49. The van der Waals surface area contributed by atoms with E-state index in [1.807, 2.05) is 17.8 Å². The zero-order valence-electron chi connectivity index (χ0n) is 8.29. The van der Waals surface area contributed by atoms with Crippen LogP contribution < -0.4 is 5.73 Å². The monoisotopic (exact) mass is 245 g/mol. The second kappa shape index (κ2) is 4.24. The van der Waals surface area contributed by atoms with Crippen LogP contribution in [0.3, 0.4) is 0 Å². The maximum absolute atomic E-state index is 5.70. The third kappa shape index (κ3) is 2.54. The molecule has 1 aromatic rings. The molecule has 0 radical (unpaired) electrons. The van der Waals surface area contributed by atoms with Gasteiger partial charge in [-0.3, -0.25) is 4.68 Å². The Morgan fingerprint density at radius 2 is 2.15 bits per heavy atom. The molecule has 0 aliphatic carbocycles. The Labute approximate surface area is 87.4 Å². The molecule has 1 unspecified atom stereocenters. The summed E-state index contributed by atoms with van der Waals surface area (Å²) in [4.78, 5) is 0. The minimum absolute atomic E-state index is 0.135. The molecule has 2 N–H and O–H groups in total. The fourth-order valence-electron chi connectivity index (χ4n) is 1.17. The first-order chi connectivity index (χ1) is 6.02. The molecule has 74 valence electrons. The van der Waals surface area contributed by atoms with Gasteiger partial charge in [0.15, 0.2) is 0 Å². The van der Waals surface area contributed by atoms with Crippen LogP contribution in [0.1, 0.15) is 32.3 Å². The number of halogens is 1. The molecule has 0 spiro atoms. The molecule has 3 nitrogen and oxygen atoms in total. The van der Waals surface area contributed by atoms with E-state index in [0.29, 0.717) is 5.92 Å². The predicted molar refractivity (Wildman–Crippen MR) is 57.7 cm³/mol. The van der Waals surface area contributed by atoms with Gasteiger partial charge in [-0.2, -0.15) is 5.10 Å². The van der Waals surface area contributed by atoms with Gasteiger partial charge < -0.3 is 5.73 Å². The standard InChI is InChI=1S/C9H16BrN3/c1-6(2)8-4-12-13(9(8)10)5-7(3)11/h4,6-7H,5,11H2,1-3H3. The maximum atomic E-state index is 5.70. The van der Waals surface area contributed by atoms with Crippen molar-refractivity contribution in [1.29, 1.82) is 0 Å². The second-order valence-electron chi connectivity index (χ2n) is 3.70. The fourth-order valence-corrected chi connectivity index (χ4v) is 1.97. The number of rotatable bonds is 3. The van der Waals surface area contributed by atoms with Gasteiger partial charge in [0.1, 0.15) is 4.60 Å². The predicted octanol–water partition coefficient (Wildman–Crippen LogP) is 2.12. The minimum atomic E-state index is 0.135. The maximum Gasteiger partial charge on any atom is 0.107 e. The van der Waals surface area contributed by atoms with Crippen molar-refractivity contribution in [3.8, 4) is 0 Å². The number of aromatic nitrogens is 2. The lowest BCUT2D eigenvalue weighted by molar-refractivity contribution is 0.529. The van der Waals surface area contributed by atoms with E-state index in [-0.39, 0.29) is 6.04 Å². The van der Waals surface area contributed by atoms with E-state index in [1.165, 1.54) is 5.56 Å². The minimum Gasteiger partial charge on any atom is -0.326 e. The lowest BCUT2D eigenvalue weighted by Gasteiger charge is -2.07. The van der Waals surface area contributed by atoms with Crippen LogP contribution >= 0.6 is 15.9 Å². The molecule has 4 heteroatoms. The van der Waals surface area contributed by atoms with E-state index < -0.39 is 0 Å². The van der Waals surface area contributed by atoms with E-state index in [1.54, 1.807) is 0 Å². The number of hydrogen-bond acceptors (Lipinski definition) is 2. The summed E-state index contributed by atoms with van der Waals surface area (Å²) < 4.78 is 2.96. The fraction of sp³-hybridized carbons (Fsp3) is 0.667. The van der Waals surface area contributed by atoms with Crippen molar-refractivity contribution in [2.75, 3.05) is 0 Å². The quantitative estimate of drug-likeness (QED) is 0.887. The van der Waals surface area contributed by atoms with E-state index >= 15 is 0 Å². The van der Waals surface area contributed by atoms with Crippen LogP contribution in [0.2, 0.25) is 0 Å². The van der Waals surface area contributed by atoms with Gasteiger partial charge in [-0.1, -0.05) is 13.8 Å². The Morgan fingerprint density at radius 3 is 2.54 bits per heavy atom. The van der Waals surface area contributed by atoms with Gasteiger partial charge in [-0.25, -0.2) is 0 Å². The Hall–Kier alpha value is -0.350. The summed E-state index contributed by atoms with van der Waals surface area (Å²) in [5, 5.41) is 4.27. The molecule has 13 heavy (non-hydrogen) atoms. The SMILES string of the molecule is CC(N)Cn1ncc(C(C)C)c1Br. The molecule has 0 saturated carbocycles. The number of nitrogens with two attached hydrogens (primary N) is 1. The molecule has 0 fully saturated rings. The highest BCUT2D eigenvalue weighted by Gasteiger charge is 2.11. The highest BCUT2D eigenvalue weighted by molar-refractivity contribution is 9.10. The molecule has 0 saturated heterocycles. The van der Waals surface area contributed by atoms with E-state index in [2.05, 4.69) is 34.9 Å². The van der Waals surface area contributed by atoms with Crippen LogP contribution in [-0.2, 0) is 6.54 Å². The van der Waals surface area contributed by atoms with Gasteiger partial charge in [0.2, 0.25) is 0 Å². The largest absolute Gasteiger partial charge is 0.326 e. The highest BCUT2D eigenvalue weighted by atomic mass is 79.9. The highest BCUT2D eigenvalue weighted by Crippen LogP contribution is 2.23. The van der Waals surface area contributed by atoms with Gasteiger partial charge in [-0.15, -0.1) is 0 Å². The molecule has 1 atom stereocenters. The first-order valence-corrected chi connectivity index (χ1v) is 5.28. The lowest BCUT2D eigenvalue weighted by atomic mass is 10.1. The van der Waals surface area contributed by atoms with Gasteiger partial charge in [0.25, 0.3) is 0 Å². The molecular weight excluding hydrogens is 230 g/mol. The third-order valence-electron chi connectivity index (χ3n) is 1.88. The van der Waals surface area contributed by atoms with Crippen LogP contribution in [0.25, 0.3) is 0 Å². The summed E-state index contributed by atoms with van der Waals surface area (Å²) in [5.74, 6) is 0.496. The van der Waals surface area contributed by atoms with Crippen molar-refractivity contribution in [1.82, 2.24) is 9.78 Å². The van der Waals surface area contributed by atoms with Crippen molar-refractivity contribution < 1.29 is 0 Å². The van der Waals surface area contributed by atoms with E-state index in [4.69, 9.17) is 5.73 Å². The van der Waals surface area contributed by atoms with Crippen molar-refractivity contribution in [3.63, 3.8) is 0 Å². The first kappa shape index (κ1) is 10.7. The molecule has 0 aliphatic rings. The molecule has 1 heterocycles.